The number of benzene rings is 2. The highest BCUT2D eigenvalue weighted by Crippen LogP contribution is 2.20. The third-order valence-electron chi connectivity index (χ3n) is 4.41. The Morgan fingerprint density at radius 2 is 1.83 bits per heavy atom. The van der Waals surface area contributed by atoms with Gasteiger partial charge in [-0.2, -0.15) is 10.2 Å². The fraction of sp³-hybridized carbons (Fsp3) is 0.100. The van der Waals surface area contributed by atoms with Gasteiger partial charge < -0.3 is 5.32 Å². The molecule has 9 heteroatoms. The molecule has 0 saturated carbocycles. The molecular formula is C20H15F2N5O2. The summed E-state index contributed by atoms with van der Waals surface area (Å²) in [5.74, 6) is -1.11. The molecule has 1 amide bonds. The summed E-state index contributed by atoms with van der Waals surface area (Å²) in [7, 11) is 0. The highest BCUT2D eigenvalue weighted by atomic mass is 19.1. The van der Waals surface area contributed by atoms with Crippen LogP contribution in [0.25, 0.3) is 16.8 Å². The zero-order valence-electron chi connectivity index (χ0n) is 15.2. The van der Waals surface area contributed by atoms with Gasteiger partial charge >= 0.3 is 0 Å². The maximum absolute atomic E-state index is 13.4. The van der Waals surface area contributed by atoms with E-state index in [0.29, 0.717) is 22.5 Å². The van der Waals surface area contributed by atoms with Gasteiger partial charge in [0, 0.05) is 11.3 Å². The molecule has 0 radical (unpaired) electrons. The van der Waals surface area contributed by atoms with Crippen molar-refractivity contribution >= 4 is 17.1 Å². The van der Waals surface area contributed by atoms with E-state index in [4.69, 9.17) is 0 Å². The Balaban J connectivity index is 1.66. The van der Waals surface area contributed by atoms with Gasteiger partial charge in [-0.25, -0.2) is 18.4 Å². The van der Waals surface area contributed by atoms with Crippen LogP contribution in [0.5, 0.6) is 0 Å². The molecule has 2 heterocycles. The van der Waals surface area contributed by atoms with Crippen molar-refractivity contribution < 1.29 is 13.6 Å². The van der Waals surface area contributed by atoms with E-state index in [9.17, 15) is 18.4 Å². The highest BCUT2D eigenvalue weighted by molar-refractivity contribution is 5.92. The number of halogens is 2. The van der Waals surface area contributed by atoms with Crippen molar-refractivity contribution in [3.05, 3.63) is 81.9 Å². The Bertz CT molecular complexity index is 1280. The molecule has 2 aromatic heterocycles. The SMILES string of the molecule is Cc1ccc(F)cc1NC(=O)Cc1n[nH]c(=O)c2cc(-c3ccc(F)cc3)nn12. The molecule has 0 unspecified atom stereocenters. The number of aryl methyl sites for hydroxylation is 1. The first kappa shape index (κ1) is 18.5. The van der Waals surface area contributed by atoms with Crippen molar-refractivity contribution in [2.45, 2.75) is 13.3 Å². The van der Waals surface area contributed by atoms with Crippen LogP contribution in [0.3, 0.4) is 0 Å². The molecule has 29 heavy (non-hydrogen) atoms. The summed E-state index contributed by atoms with van der Waals surface area (Å²) >= 11 is 0. The first-order valence-electron chi connectivity index (χ1n) is 8.70. The lowest BCUT2D eigenvalue weighted by Gasteiger charge is -2.08. The molecule has 0 saturated heterocycles. The van der Waals surface area contributed by atoms with E-state index in [2.05, 4.69) is 20.6 Å². The Morgan fingerprint density at radius 1 is 1.10 bits per heavy atom. The molecule has 0 aliphatic carbocycles. The van der Waals surface area contributed by atoms with Crippen molar-refractivity contribution in [1.29, 1.82) is 0 Å². The second-order valence-electron chi connectivity index (χ2n) is 6.49. The monoisotopic (exact) mass is 395 g/mol. The average molecular weight is 395 g/mol. The third kappa shape index (κ3) is 3.75. The van der Waals surface area contributed by atoms with Gasteiger partial charge in [-0.1, -0.05) is 6.07 Å². The summed E-state index contributed by atoms with van der Waals surface area (Å²) in [4.78, 5) is 24.5. The van der Waals surface area contributed by atoms with E-state index in [-0.39, 0.29) is 23.6 Å². The van der Waals surface area contributed by atoms with Crippen molar-refractivity contribution in [2.24, 2.45) is 0 Å². The second-order valence-corrected chi connectivity index (χ2v) is 6.49. The van der Waals surface area contributed by atoms with Crippen LogP contribution in [-0.4, -0.2) is 25.7 Å². The minimum Gasteiger partial charge on any atom is -0.325 e. The lowest BCUT2D eigenvalue weighted by Crippen LogP contribution is -2.22. The fourth-order valence-electron chi connectivity index (χ4n) is 2.90. The maximum Gasteiger partial charge on any atom is 0.290 e. The number of aromatic nitrogens is 4. The summed E-state index contributed by atoms with van der Waals surface area (Å²) < 4.78 is 27.9. The number of nitrogens with one attached hydrogen (secondary N) is 2. The van der Waals surface area contributed by atoms with E-state index in [0.717, 1.165) is 0 Å². The minimum atomic E-state index is -0.476. The maximum atomic E-state index is 13.4. The second kappa shape index (κ2) is 7.27. The van der Waals surface area contributed by atoms with Crippen molar-refractivity contribution in [1.82, 2.24) is 19.8 Å². The average Bonchev–Trinajstić information content (AvgIpc) is 3.14. The normalized spacial score (nSPS) is 11.0. The van der Waals surface area contributed by atoms with Crippen molar-refractivity contribution in [2.75, 3.05) is 5.32 Å². The van der Waals surface area contributed by atoms with Gasteiger partial charge in [0.2, 0.25) is 5.91 Å². The molecule has 146 valence electrons. The smallest absolute Gasteiger partial charge is 0.290 e. The molecule has 4 aromatic rings. The molecule has 4 rings (SSSR count). The quantitative estimate of drug-likeness (QED) is 0.556. The topological polar surface area (TPSA) is 92.1 Å². The minimum absolute atomic E-state index is 0.194. The number of fused-ring (bicyclic) bond motifs is 1. The summed E-state index contributed by atoms with van der Waals surface area (Å²) in [5.41, 5.74) is 1.83. The van der Waals surface area contributed by atoms with Crippen LogP contribution < -0.4 is 10.9 Å². The molecule has 0 bridgehead atoms. The van der Waals surface area contributed by atoms with Gasteiger partial charge in [-0.05, 0) is 55.0 Å². The van der Waals surface area contributed by atoms with Crippen LogP contribution in [0.4, 0.5) is 14.5 Å². The Hall–Kier alpha value is -3.88. The van der Waals surface area contributed by atoms with Gasteiger partial charge in [0.25, 0.3) is 5.56 Å². The van der Waals surface area contributed by atoms with Crippen LogP contribution in [-0.2, 0) is 11.2 Å². The zero-order chi connectivity index (χ0) is 20.5. The number of carbonyl (C=O) groups is 1. The number of H-pyrrole nitrogens is 1. The molecule has 0 aliphatic rings. The lowest BCUT2D eigenvalue weighted by molar-refractivity contribution is -0.115. The number of amides is 1. The molecule has 2 N–H and O–H groups in total. The summed E-state index contributed by atoms with van der Waals surface area (Å²) in [6, 6.07) is 11.3. The molecule has 0 atom stereocenters. The molecule has 7 nitrogen and oxygen atoms in total. The highest BCUT2D eigenvalue weighted by Gasteiger charge is 2.15. The van der Waals surface area contributed by atoms with E-state index >= 15 is 0 Å². The number of hydrogen-bond donors (Lipinski definition) is 2. The first-order valence-corrected chi connectivity index (χ1v) is 8.70. The predicted molar refractivity (Wildman–Crippen MR) is 102 cm³/mol. The number of nitrogens with zero attached hydrogens (tertiary/aromatic N) is 3. The van der Waals surface area contributed by atoms with Gasteiger partial charge in [0.15, 0.2) is 5.82 Å². The van der Waals surface area contributed by atoms with Crippen molar-refractivity contribution in [3.8, 4) is 11.3 Å². The molecule has 0 aliphatic heterocycles. The number of hydrogen-bond acceptors (Lipinski definition) is 4. The van der Waals surface area contributed by atoms with Crippen LogP contribution in [0, 0.1) is 18.6 Å². The van der Waals surface area contributed by atoms with Crippen LogP contribution in [0.1, 0.15) is 11.4 Å². The van der Waals surface area contributed by atoms with E-state index in [1.807, 2.05) is 0 Å². The van der Waals surface area contributed by atoms with Crippen molar-refractivity contribution in [3.63, 3.8) is 0 Å². The molecule has 0 spiro atoms. The largest absolute Gasteiger partial charge is 0.325 e. The standard InChI is InChI=1S/C20H15F2N5O2/c1-11-2-5-14(22)8-15(11)23-19(28)10-18-24-25-20(29)17-9-16(26-27(17)18)12-3-6-13(21)7-4-12/h2-9H,10H2,1H3,(H,23,28)(H,25,29). The van der Waals surface area contributed by atoms with Crippen LogP contribution >= 0.6 is 0 Å². The Kier molecular flexibility index (Phi) is 4.63. The third-order valence-corrected chi connectivity index (χ3v) is 4.41. The number of anilines is 1. The van der Waals surface area contributed by atoms with E-state index in [1.165, 1.54) is 47.0 Å². The van der Waals surface area contributed by atoms with Gasteiger partial charge in [0.05, 0.1) is 12.1 Å². The number of aromatic amines is 1. The van der Waals surface area contributed by atoms with Gasteiger partial charge in [0.1, 0.15) is 17.2 Å². The summed E-state index contributed by atoms with van der Waals surface area (Å²) in [6.07, 6.45) is -0.201. The van der Waals surface area contributed by atoms with Gasteiger partial charge in [-0.15, -0.1) is 0 Å². The Morgan fingerprint density at radius 3 is 2.59 bits per heavy atom. The summed E-state index contributed by atoms with van der Waals surface area (Å²) in [5, 5.41) is 13.2. The van der Waals surface area contributed by atoms with E-state index in [1.54, 1.807) is 13.0 Å². The number of rotatable bonds is 4. The lowest BCUT2D eigenvalue weighted by atomic mass is 10.1. The Labute approximate surface area is 163 Å². The molecule has 0 fully saturated rings. The summed E-state index contributed by atoms with van der Waals surface area (Å²) in [6.45, 7) is 1.74. The van der Waals surface area contributed by atoms with Crippen LogP contribution in [0.2, 0.25) is 0 Å². The zero-order valence-corrected chi connectivity index (χ0v) is 15.2. The fourth-order valence-corrected chi connectivity index (χ4v) is 2.90. The number of carbonyl (C=O) groups excluding carboxylic acids is 1. The first-order chi connectivity index (χ1) is 13.9. The van der Waals surface area contributed by atoms with E-state index < -0.39 is 17.3 Å². The molecular weight excluding hydrogens is 380 g/mol. The van der Waals surface area contributed by atoms with Crippen LogP contribution in [0.15, 0.2) is 53.3 Å². The molecule has 2 aromatic carbocycles. The van der Waals surface area contributed by atoms with Gasteiger partial charge in [-0.3, -0.25) is 9.59 Å². The predicted octanol–water partition coefficient (Wildman–Crippen LogP) is 2.85.